The number of nitrogens with one attached hydrogen (secondary N) is 2. The molecule has 1 aromatic rings. The summed E-state index contributed by atoms with van der Waals surface area (Å²) in [5.41, 5.74) is 2.21. The van der Waals surface area contributed by atoms with Crippen molar-refractivity contribution in [2.24, 2.45) is 0 Å². The highest BCUT2D eigenvalue weighted by molar-refractivity contribution is 5.85. The topological polar surface area (TPSA) is 64.7 Å². The van der Waals surface area contributed by atoms with E-state index in [1.165, 1.54) is 6.42 Å². The van der Waals surface area contributed by atoms with Crippen molar-refractivity contribution in [3.8, 4) is 0 Å². The van der Waals surface area contributed by atoms with Crippen LogP contribution in [0.15, 0.2) is 24.3 Å². The number of hydrogen-bond acceptors (Lipinski definition) is 4. The van der Waals surface area contributed by atoms with Crippen molar-refractivity contribution in [1.29, 1.82) is 0 Å². The molecule has 2 saturated heterocycles. The Kier molecular flexibility index (Phi) is 8.54. The predicted molar refractivity (Wildman–Crippen MR) is 109 cm³/mol. The Morgan fingerprint density at radius 2 is 1.96 bits per heavy atom. The van der Waals surface area contributed by atoms with Gasteiger partial charge in [-0.05, 0) is 44.0 Å². The van der Waals surface area contributed by atoms with Gasteiger partial charge >= 0.3 is 0 Å². The highest BCUT2D eigenvalue weighted by Gasteiger charge is 2.22. The van der Waals surface area contributed by atoms with Gasteiger partial charge in [0, 0.05) is 38.6 Å². The normalized spacial score (nSPS) is 20.4. The molecule has 2 aliphatic rings. The predicted octanol–water partition coefficient (Wildman–Crippen LogP) is 1.53. The second-order valence-corrected chi connectivity index (χ2v) is 7.33. The Bertz CT molecular complexity index is 640. The van der Waals surface area contributed by atoms with Crippen molar-refractivity contribution in [2.45, 2.75) is 44.8 Å². The first-order chi connectivity index (χ1) is 12.7. The minimum atomic E-state index is 0. The third-order valence-corrected chi connectivity index (χ3v) is 5.41. The highest BCUT2D eigenvalue weighted by Crippen LogP contribution is 2.17. The first-order valence-electron chi connectivity index (χ1n) is 9.66. The van der Waals surface area contributed by atoms with Crippen molar-refractivity contribution in [3.05, 3.63) is 35.4 Å². The fourth-order valence-corrected chi connectivity index (χ4v) is 3.85. The molecule has 0 spiro atoms. The van der Waals surface area contributed by atoms with Crippen molar-refractivity contribution < 1.29 is 9.59 Å². The summed E-state index contributed by atoms with van der Waals surface area (Å²) in [5.74, 6) is 0.293. The van der Waals surface area contributed by atoms with Gasteiger partial charge in [-0.1, -0.05) is 24.3 Å². The fourth-order valence-electron chi connectivity index (χ4n) is 3.85. The third-order valence-electron chi connectivity index (χ3n) is 5.41. The van der Waals surface area contributed by atoms with E-state index in [1.807, 2.05) is 30.1 Å². The van der Waals surface area contributed by atoms with Crippen LogP contribution in [0.3, 0.4) is 0 Å². The van der Waals surface area contributed by atoms with E-state index >= 15 is 0 Å². The lowest BCUT2D eigenvalue weighted by Crippen LogP contribution is -2.47. The maximum absolute atomic E-state index is 12.3. The van der Waals surface area contributed by atoms with Gasteiger partial charge in [0.1, 0.15) is 0 Å². The average molecular weight is 395 g/mol. The Balaban J connectivity index is 0.00000261. The average Bonchev–Trinajstić information content (AvgIpc) is 3.06. The zero-order valence-electron chi connectivity index (χ0n) is 16.1. The molecule has 1 aromatic carbocycles. The van der Waals surface area contributed by atoms with E-state index in [0.717, 1.165) is 43.6 Å². The molecule has 2 heterocycles. The summed E-state index contributed by atoms with van der Waals surface area (Å²) in [5, 5.41) is 6.36. The molecule has 0 saturated carbocycles. The molecule has 2 N–H and O–H groups in total. The Labute approximate surface area is 168 Å². The van der Waals surface area contributed by atoms with Gasteiger partial charge in [-0.2, -0.15) is 0 Å². The molecular formula is C20H31ClN4O2. The van der Waals surface area contributed by atoms with Crippen molar-refractivity contribution in [3.63, 3.8) is 0 Å². The molecule has 2 amide bonds. The number of carbonyl (C=O) groups is 2. The van der Waals surface area contributed by atoms with Gasteiger partial charge in [-0.15, -0.1) is 12.4 Å². The minimum Gasteiger partial charge on any atom is -0.351 e. The maximum atomic E-state index is 12.3. The van der Waals surface area contributed by atoms with Crippen LogP contribution in [0.5, 0.6) is 0 Å². The van der Waals surface area contributed by atoms with E-state index < -0.39 is 0 Å². The Morgan fingerprint density at radius 1 is 1.19 bits per heavy atom. The smallest absolute Gasteiger partial charge is 0.234 e. The lowest BCUT2D eigenvalue weighted by atomic mass is 10.1. The van der Waals surface area contributed by atoms with E-state index in [2.05, 4.69) is 21.6 Å². The number of likely N-dealkylation sites (N-methyl/N-ethyl adjacent to an activating group) is 1. The van der Waals surface area contributed by atoms with Crippen LogP contribution < -0.4 is 10.6 Å². The van der Waals surface area contributed by atoms with Crippen LogP contribution in [0, 0.1) is 0 Å². The second-order valence-electron chi connectivity index (χ2n) is 7.33. The van der Waals surface area contributed by atoms with E-state index in [0.29, 0.717) is 32.1 Å². The zero-order valence-corrected chi connectivity index (χ0v) is 16.9. The van der Waals surface area contributed by atoms with Gasteiger partial charge in [-0.25, -0.2) is 0 Å². The van der Waals surface area contributed by atoms with Crippen LogP contribution in [0.2, 0.25) is 0 Å². The van der Waals surface area contributed by atoms with Gasteiger partial charge in [0.15, 0.2) is 0 Å². The van der Waals surface area contributed by atoms with E-state index in [-0.39, 0.29) is 24.2 Å². The Morgan fingerprint density at radius 3 is 2.67 bits per heavy atom. The van der Waals surface area contributed by atoms with Crippen LogP contribution in [0.1, 0.15) is 36.8 Å². The van der Waals surface area contributed by atoms with Crippen molar-refractivity contribution in [2.75, 3.05) is 33.2 Å². The van der Waals surface area contributed by atoms with Crippen LogP contribution in [-0.4, -0.2) is 60.9 Å². The molecule has 7 heteroatoms. The van der Waals surface area contributed by atoms with Crippen molar-refractivity contribution >= 4 is 24.2 Å². The number of piperidine rings is 1. The number of rotatable bonds is 7. The quantitative estimate of drug-likeness (QED) is 0.736. The summed E-state index contributed by atoms with van der Waals surface area (Å²) in [7, 11) is 1.98. The first kappa shape index (κ1) is 21.7. The van der Waals surface area contributed by atoms with Gasteiger partial charge in [0.2, 0.25) is 11.8 Å². The van der Waals surface area contributed by atoms with E-state index in [1.54, 1.807) is 0 Å². The zero-order chi connectivity index (χ0) is 18.4. The molecule has 2 aliphatic heterocycles. The molecule has 0 aliphatic carbocycles. The lowest BCUT2D eigenvalue weighted by Gasteiger charge is -2.31. The standard InChI is InChI=1S/C20H30N4O2.ClH/c1-21-18-8-4-10-23(14-18)15-19(25)22-12-16-6-2-3-7-17(16)13-24-11-5-9-20(24)26;/h2-3,6-7,18,21H,4-5,8-15H2,1H3,(H,22,25);1H. The molecule has 27 heavy (non-hydrogen) atoms. The largest absolute Gasteiger partial charge is 0.351 e. The number of nitrogens with zero attached hydrogens (tertiary/aromatic N) is 2. The number of likely N-dealkylation sites (tertiary alicyclic amines) is 2. The molecule has 6 nitrogen and oxygen atoms in total. The van der Waals surface area contributed by atoms with Crippen LogP contribution in [-0.2, 0) is 22.7 Å². The van der Waals surface area contributed by atoms with Gasteiger partial charge in [0.25, 0.3) is 0 Å². The number of halogens is 1. The fraction of sp³-hybridized carbons (Fsp3) is 0.600. The van der Waals surface area contributed by atoms with Crippen LogP contribution >= 0.6 is 12.4 Å². The van der Waals surface area contributed by atoms with Gasteiger partial charge < -0.3 is 15.5 Å². The molecule has 2 fully saturated rings. The number of benzene rings is 1. The SMILES string of the molecule is CNC1CCCN(CC(=O)NCc2ccccc2CN2CCCC2=O)C1.Cl. The molecule has 1 unspecified atom stereocenters. The third kappa shape index (κ3) is 6.19. The number of hydrogen-bond donors (Lipinski definition) is 2. The summed E-state index contributed by atoms with van der Waals surface area (Å²) in [6.45, 7) is 4.35. The number of amides is 2. The van der Waals surface area contributed by atoms with Crippen LogP contribution in [0.4, 0.5) is 0 Å². The monoisotopic (exact) mass is 394 g/mol. The Hall–Kier alpha value is -1.63. The molecular weight excluding hydrogens is 364 g/mol. The summed E-state index contributed by atoms with van der Waals surface area (Å²) < 4.78 is 0. The van der Waals surface area contributed by atoms with E-state index in [9.17, 15) is 9.59 Å². The summed E-state index contributed by atoms with van der Waals surface area (Å²) in [6, 6.07) is 8.55. The number of carbonyl (C=O) groups excluding carboxylic acids is 2. The van der Waals surface area contributed by atoms with E-state index in [4.69, 9.17) is 0 Å². The second kappa shape index (κ2) is 10.6. The molecule has 3 rings (SSSR count). The molecule has 150 valence electrons. The molecule has 0 radical (unpaired) electrons. The summed E-state index contributed by atoms with van der Waals surface area (Å²) >= 11 is 0. The van der Waals surface area contributed by atoms with Gasteiger partial charge in [-0.3, -0.25) is 14.5 Å². The molecule has 0 aromatic heterocycles. The van der Waals surface area contributed by atoms with Gasteiger partial charge in [0.05, 0.1) is 6.54 Å². The lowest BCUT2D eigenvalue weighted by molar-refractivity contribution is -0.128. The minimum absolute atomic E-state index is 0. The van der Waals surface area contributed by atoms with Crippen molar-refractivity contribution in [1.82, 2.24) is 20.4 Å². The van der Waals surface area contributed by atoms with Crippen LogP contribution in [0.25, 0.3) is 0 Å². The summed E-state index contributed by atoms with van der Waals surface area (Å²) in [6.07, 6.45) is 3.91. The maximum Gasteiger partial charge on any atom is 0.234 e. The molecule has 0 bridgehead atoms. The first-order valence-corrected chi connectivity index (χ1v) is 9.66. The highest BCUT2D eigenvalue weighted by atomic mass is 35.5. The summed E-state index contributed by atoms with van der Waals surface area (Å²) in [4.78, 5) is 28.4. The molecule has 1 atom stereocenters.